The fourth-order valence-corrected chi connectivity index (χ4v) is 3.90. The molecule has 0 radical (unpaired) electrons. The van der Waals surface area contributed by atoms with Crippen molar-refractivity contribution < 1.29 is 14.3 Å². The first-order valence-electron chi connectivity index (χ1n) is 9.74. The molecule has 1 heterocycles. The molecule has 2 aliphatic rings. The van der Waals surface area contributed by atoms with Gasteiger partial charge in [-0.25, -0.2) is 4.79 Å². The number of allylic oxidation sites excluding steroid dienone is 1. The molecule has 5 heteroatoms. The summed E-state index contributed by atoms with van der Waals surface area (Å²) in [6.45, 7) is 6.00. The normalized spacial score (nSPS) is 17.8. The fourth-order valence-electron chi connectivity index (χ4n) is 3.90. The summed E-state index contributed by atoms with van der Waals surface area (Å²) in [6.07, 6.45) is 2.20. The molecule has 1 aliphatic heterocycles. The molecule has 1 aliphatic carbocycles. The number of nitrogens with two attached hydrogens (primary N) is 1. The molecule has 4 rings (SSSR count). The van der Waals surface area contributed by atoms with Crippen LogP contribution in [0.15, 0.2) is 53.6 Å². The van der Waals surface area contributed by atoms with Gasteiger partial charge in [0, 0.05) is 40.6 Å². The Kier molecular flexibility index (Phi) is 4.74. The Morgan fingerprint density at radius 2 is 2.00 bits per heavy atom. The average molecular weight is 388 g/mol. The minimum atomic E-state index is -0.350. The zero-order valence-electron chi connectivity index (χ0n) is 16.8. The molecule has 3 N–H and O–H groups in total. The van der Waals surface area contributed by atoms with E-state index in [9.17, 15) is 4.79 Å². The lowest BCUT2D eigenvalue weighted by Crippen LogP contribution is -2.31. The predicted molar refractivity (Wildman–Crippen MR) is 115 cm³/mol. The van der Waals surface area contributed by atoms with Gasteiger partial charge in [-0.05, 0) is 55.7 Å². The van der Waals surface area contributed by atoms with Gasteiger partial charge in [0.2, 0.25) is 0 Å². The van der Waals surface area contributed by atoms with Crippen molar-refractivity contribution in [1.82, 2.24) is 0 Å². The van der Waals surface area contributed by atoms with Crippen LogP contribution in [0.25, 0.3) is 5.57 Å². The van der Waals surface area contributed by atoms with Crippen LogP contribution in [-0.2, 0) is 4.74 Å². The highest BCUT2D eigenvalue weighted by Gasteiger charge is 2.34. The minimum Gasteiger partial charge on any atom is -0.485 e. The van der Waals surface area contributed by atoms with Crippen LogP contribution < -0.4 is 10.5 Å². The third-order valence-corrected chi connectivity index (χ3v) is 5.47. The summed E-state index contributed by atoms with van der Waals surface area (Å²) in [5.74, 6) is 0.327. The molecular formula is C24H24N2O3. The van der Waals surface area contributed by atoms with Crippen LogP contribution in [0, 0.1) is 12.3 Å². The Hall–Kier alpha value is -3.34. The Morgan fingerprint density at radius 1 is 1.24 bits per heavy atom. The molecule has 2 aromatic rings. The Morgan fingerprint density at radius 3 is 2.76 bits per heavy atom. The summed E-state index contributed by atoms with van der Waals surface area (Å²) in [7, 11) is 0. The summed E-state index contributed by atoms with van der Waals surface area (Å²) in [4.78, 5) is 12.7. The molecule has 5 nitrogen and oxygen atoms in total. The number of esters is 1. The molecule has 0 saturated carbocycles. The van der Waals surface area contributed by atoms with Crippen molar-refractivity contribution in [3.63, 3.8) is 0 Å². The zero-order valence-corrected chi connectivity index (χ0v) is 16.8. The van der Waals surface area contributed by atoms with Crippen molar-refractivity contribution in [1.29, 1.82) is 5.41 Å². The molecule has 0 saturated heterocycles. The molecule has 1 unspecified atom stereocenters. The van der Waals surface area contributed by atoms with Gasteiger partial charge in [-0.3, -0.25) is 0 Å². The molecule has 1 atom stereocenters. The monoisotopic (exact) mass is 388 g/mol. The van der Waals surface area contributed by atoms with E-state index in [0.29, 0.717) is 35.7 Å². The highest BCUT2D eigenvalue weighted by molar-refractivity contribution is 6.04. The van der Waals surface area contributed by atoms with Gasteiger partial charge in [0.25, 0.3) is 0 Å². The lowest BCUT2D eigenvalue weighted by Gasteiger charge is -2.34. The van der Waals surface area contributed by atoms with Gasteiger partial charge in [-0.15, -0.1) is 0 Å². The molecule has 148 valence electrons. The summed E-state index contributed by atoms with van der Waals surface area (Å²) >= 11 is 0. The SMILES string of the molecule is CCOC(=O)c1ccccc1C1=C2C=C(C)C(=N)CC2Oc2cc(N)c(C)cc21. The smallest absolute Gasteiger partial charge is 0.338 e. The number of nitrogens with one attached hydrogen (secondary N) is 1. The summed E-state index contributed by atoms with van der Waals surface area (Å²) in [6, 6.07) is 11.3. The molecule has 29 heavy (non-hydrogen) atoms. The molecular weight excluding hydrogens is 364 g/mol. The Labute approximate surface area is 170 Å². The van der Waals surface area contributed by atoms with Crippen LogP contribution in [0.1, 0.15) is 47.3 Å². The van der Waals surface area contributed by atoms with Crippen LogP contribution in [0.2, 0.25) is 0 Å². The maximum atomic E-state index is 12.7. The van der Waals surface area contributed by atoms with Crippen molar-refractivity contribution in [3.05, 3.63) is 75.9 Å². The topological polar surface area (TPSA) is 85.4 Å². The Bertz CT molecular complexity index is 1100. The molecule has 0 aromatic heterocycles. The number of nitrogen functional groups attached to an aromatic ring is 1. The first-order valence-corrected chi connectivity index (χ1v) is 9.74. The predicted octanol–water partition coefficient (Wildman–Crippen LogP) is 4.69. The van der Waals surface area contributed by atoms with E-state index < -0.39 is 0 Å². The second-order valence-electron chi connectivity index (χ2n) is 7.42. The number of anilines is 1. The number of benzene rings is 2. The van der Waals surface area contributed by atoms with Crippen molar-refractivity contribution in [2.75, 3.05) is 12.3 Å². The fraction of sp³-hybridized carbons (Fsp3) is 0.250. The average Bonchev–Trinajstić information content (AvgIpc) is 2.69. The number of ether oxygens (including phenoxy) is 2. The van der Waals surface area contributed by atoms with E-state index in [0.717, 1.165) is 33.4 Å². The number of aryl methyl sites for hydroxylation is 1. The van der Waals surface area contributed by atoms with Crippen LogP contribution >= 0.6 is 0 Å². The minimum absolute atomic E-state index is 0.286. The summed E-state index contributed by atoms with van der Waals surface area (Å²) in [5.41, 5.74) is 13.3. The van der Waals surface area contributed by atoms with Gasteiger partial charge >= 0.3 is 5.97 Å². The first kappa shape index (κ1) is 19.0. The molecule has 0 amide bonds. The molecule has 0 bridgehead atoms. The van der Waals surface area contributed by atoms with E-state index in [2.05, 4.69) is 0 Å². The van der Waals surface area contributed by atoms with E-state index in [-0.39, 0.29) is 12.1 Å². The van der Waals surface area contributed by atoms with E-state index in [1.54, 1.807) is 13.0 Å². The number of hydrogen-bond acceptors (Lipinski definition) is 5. The third kappa shape index (κ3) is 3.23. The molecule has 0 spiro atoms. The van der Waals surface area contributed by atoms with Crippen molar-refractivity contribution in [3.8, 4) is 5.75 Å². The van der Waals surface area contributed by atoms with Crippen molar-refractivity contribution >= 4 is 22.9 Å². The van der Waals surface area contributed by atoms with Gasteiger partial charge in [-0.1, -0.05) is 18.2 Å². The highest BCUT2D eigenvalue weighted by Crippen LogP contribution is 2.45. The van der Waals surface area contributed by atoms with Gasteiger partial charge in [0.1, 0.15) is 11.9 Å². The zero-order chi connectivity index (χ0) is 20.7. The van der Waals surface area contributed by atoms with Gasteiger partial charge < -0.3 is 20.6 Å². The van der Waals surface area contributed by atoms with Crippen LogP contribution in [0.5, 0.6) is 5.75 Å². The number of fused-ring (bicyclic) bond motifs is 2. The molecule has 0 fully saturated rings. The number of carbonyl (C=O) groups is 1. The lowest BCUT2D eigenvalue weighted by molar-refractivity contribution is 0.0526. The van der Waals surface area contributed by atoms with Crippen LogP contribution in [0.4, 0.5) is 5.69 Å². The quantitative estimate of drug-likeness (QED) is 0.590. The van der Waals surface area contributed by atoms with Gasteiger partial charge in [-0.2, -0.15) is 0 Å². The third-order valence-electron chi connectivity index (χ3n) is 5.47. The van der Waals surface area contributed by atoms with Gasteiger partial charge in [0.05, 0.1) is 12.2 Å². The van der Waals surface area contributed by atoms with Crippen LogP contribution in [-0.4, -0.2) is 24.4 Å². The maximum Gasteiger partial charge on any atom is 0.338 e. The van der Waals surface area contributed by atoms with Gasteiger partial charge in [0.15, 0.2) is 0 Å². The standard InChI is InChI=1S/C24H24N2O3/c1-4-28-24(27)16-8-6-5-7-15(16)23-17-9-13(2)19(25)11-21(17)29-22-12-20(26)14(3)10-18(22)23/h5-11,22,26H,4,12,25H2,1-3H3. The Balaban J connectivity index is 2.04. The van der Waals surface area contributed by atoms with E-state index in [1.807, 2.05) is 50.3 Å². The maximum absolute atomic E-state index is 12.7. The van der Waals surface area contributed by atoms with E-state index in [1.165, 1.54) is 0 Å². The number of rotatable bonds is 3. The highest BCUT2D eigenvalue weighted by atomic mass is 16.5. The summed E-state index contributed by atoms with van der Waals surface area (Å²) in [5, 5.41) is 8.24. The van der Waals surface area contributed by atoms with Crippen molar-refractivity contribution in [2.24, 2.45) is 0 Å². The second kappa shape index (κ2) is 7.24. The van der Waals surface area contributed by atoms with E-state index >= 15 is 0 Å². The number of carbonyl (C=O) groups excluding carboxylic acids is 1. The number of hydrogen-bond donors (Lipinski definition) is 2. The molecule has 2 aromatic carbocycles. The summed E-state index contributed by atoms with van der Waals surface area (Å²) < 4.78 is 11.6. The van der Waals surface area contributed by atoms with E-state index in [4.69, 9.17) is 20.6 Å². The lowest BCUT2D eigenvalue weighted by atomic mass is 9.80. The second-order valence-corrected chi connectivity index (χ2v) is 7.42. The first-order chi connectivity index (χ1) is 13.9. The van der Waals surface area contributed by atoms with Crippen molar-refractivity contribution in [2.45, 2.75) is 33.3 Å². The largest absolute Gasteiger partial charge is 0.485 e. The van der Waals surface area contributed by atoms with Crippen LogP contribution in [0.3, 0.4) is 0 Å².